The summed E-state index contributed by atoms with van der Waals surface area (Å²) < 4.78 is 4.99. The summed E-state index contributed by atoms with van der Waals surface area (Å²) in [6.07, 6.45) is -2.20. The highest BCUT2D eigenvalue weighted by molar-refractivity contribution is 5.83. The lowest BCUT2D eigenvalue weighted by Crippen LogP contribution is -2.46. The quantitative estimate of drug-likeness (QED) is 0.473. The minimum absolute atomic E-state index is 0.0481. The first-order chi connectivity index (χ1) is 12.1. The Morgan fingerprint density at radius 2 is 1.68 bits per heavy atom. The number of carbonyl (C=O) groups is 2. The molecule has 7 heteroatoms. The zero-order chi connectivity index (χ0) is 18.7. The van der Waals surface area contributed by atoms with Crippen molar-refractivity contribution in [2.75, 3.05) is 11.1 Å². The molecule has 0 heterocycles. The molecule has 7 nitrogen and oxygen atoms in total. The molecule has 0 aromatic heterocycles. The maximum atomic E-state index is 11.7. The molecule has 0 bridgehead atoms. The van der Waals surface area contributed by atoms with E-state index in [9.17, 15) is 14.7 Å². The van der Waals surface area contributed by atoms with Gasteiger partial charge in [0.15, 0.2) is 0 Å². The molecule has 5 N–H and O–H groups in total. The Morgan fingerprint density at radius 3 is 2.28 bits per heavy atom. The van der Waals surface area contributed by atoms with Gasteiger partial charge in [0.05, 0.1) is 11.4 Å². The predicted octanol–water partition coefficient (Wildman–Crippen LogP) is 3.04. The molecule has 0 aliphatic carbocycles. The summed E-state index contributed by atoms with van der Waals surface area (Å²) >= 11 is 0. The van der Waals surface area contributed by atoms with Gasteiger partial charge in [-0.05, 0) is 17.7 Å². The number of rotatable bonds is 6. The normalized spacial score (nSPS) is 10.6. The molecule has 1 atom stereocenters. The SMILES string of the molecule is CC.Nc1ccccc1NC(NC(=O)OCc1ccccc1)C(=O)O. The first-order valence-corrected chi connectivity index (χ1v) is 7.87. The lowest BCUT2D eigenvalue weighted by Gasteiger charge is -2.18. The van der Waals surface area contributed by atoms with Crippen LogP contribution in [0.25, 0.3) is 0 Å². The lowest BCUT2D eigenvalue weighted by atomic mass is 10.2. The predicted molar refractivity (Wildman–Crippen MR) is 97.0 cm³/mol. The third-order valence-corrected chi connectivity index (χ3v) is 2.98. The standard InChI is InChI=1S/C16H17N3O4.C2H6/c17-12-8-4-5-9-13(12)18-14(15(20)21)19-16(22)23-10-11-6-2-1-3-7-11;1-2/h1-9,14,18H,10,17H2,(H,19,22)(H,20,21);1-2H3. The van der Waals surface area contributed by atoms with Crippen molar-refractivity contribution < 1.29 is 19.4 Å². The largest absolute Gasteiger partial charge is 0.478 e. The average Bonchev–Trinajstić information content (AvgIpc) is 2.63. The number of hydrogen-bond acceptors (Lipinski definition) is 5. The van der Waals surface area contributed by atoms with Crippen LogP contribution in [-0.2, 0) is 16.1 Å². The van der Waals surface area contributed by atoms with Crippen LogP contribution >= 0.6 is 0 Å². The number of carboxylic acid groups (broad SMARTS) is 1. The van der Waals surface area contributed by atoms with E-state index in [0.717, 1.165) is 5.56 Å². The van der Waals surface area contributed by atoms with Gasteiger partial charge in [-0.1, -0.05) is 56.3 Å². The van der Waals surface area contributed by atoms with Crippen LogP contribution in [0, 0.1) is 0 Å². The zero-order valence-corrected chi connectivity index (χ0v) is 14.2. The Morgan fingerprint density at radius 1 is 1.08 bits per heavy atom. The Bertz CT molecular complexity index is 677. The second-order valence-electron chi connectivity index (χ2n) is 4.71. The first-order valence-electron chi connectivity index (χ1n) is 7.87. The number of para-hydroxylation sites is 2. The molecule has 1 unspecified atom stereocenters. The molecule has 0 spiro atoms. The number of aliphatic carboxylic acids is 1. The van der Waals surface area contributed by atoms with Crippen LogP contribution in [0.15, 0.2) is 54.6 Å². The molecule has 1 amide bonds. The van der Waals surface area contributed by atoms with Crippen LogP contribution in [-0.4, -0.2) is 23.3 Å². The molecule has 0 saturated carbocycles. The van der Waals surface area contributed by atoms with Gasteiger partial charge in [-0.3, -0.25) is 5.32 Å². The van der Waals surface area contributed by atoms with Crippen molar-refractivity contribution in [3.05, 3.63) is 60.2 Å². The number of alkyl carbamates (subject to hydrolysis) is 1. The van der Waals surface area contributed by atoms with Gasteiger partial charge >= 0.3 is 12.1 Å². The van der Waals surface area contributed by atoms with E-state index in [1.54, 1.807) is 36.4 Å². The number of amides is 1. The van der Waals surface area contributed by atoms with Gasteiger partial charge in [-0.25, -0.2) is 9.59 Å². The summed E-state index contributed by atoms with van der Waals surface area (Å²) in [6.45, 7) is 4.05. The van der Waals surface area contributed by atoms with Crippen LogP contribution < -0.4 is 16.4 Å². The van der Waals surface area contributed by atoms with Gasteiger partial charge < -0.3 is 20.9 Å². The molecule has 0 aliphatic heterocycles. The number of carboxylic acids is 1. The van der Waals surface area contributed by atoms with E-state index in [1.807, 2.05) is 32.0 Å². The highest BCUT2D eigenvalue weighted by Crippen LogP contribution is 2.17. The molecule has 0 saturated heterocycles. The van der Waals surface area contributed by atoms with Crippen molar-refractivity contribution in [1.82, 2.24) is 5.32 Å². The van der Waals surface area contributed by atoms with Gasteiger partial charge in [0.2, 0.25) is 6.17 Å². The van der Waals surface area contributed by atoms with Gasteiger partial charge in [-0.15, -0.1) is 0 Å². The second-order valence-corrected chi connectivity index (χ2v) is 4.71. The van der Waals surface area contributed by atoms with Crippen LogP contribution in [0.2, 0.25) is 0 Å². The number of anilines is 2. The van der Waals surface area contributed by atoms with Crippen molar-refractivity contribution >= 4 is 23.4 Å². The van der Waals surface area contributed by atoms with Crippen LogP contribution in [0.4, 0.5) is 16.2 Å². The molecule has 25 heavy (non-hydrogen) atoms. The Labute approximate surface area is 146 Å². The molecular formula is C18H23N3O4. The van der Waals surface area contributed by atoms with Gasteiger partial charge in [0, 0.05) is 0 Å². The van der Waals surface area contributed by atoms with Crippen molar-refractivity contribution in [3.63, 3.8) is 0 Å². The van der Waals surface area contributed by atoms with Crippen LogP contribution in [0.5, 0.6) is 0 Å². The topological polar surface area (TPSA) is 114 Å². The molecule has 0 fully saturated rings. The minimum Gasteiger partial charge on any atom is -0.478 e. The zero-order valence-electron chi connectivity index (χ0n) is 14.2. The third kappa shape index (κ3) is 6.82. The summed E-state index contributed by atoms with van der Waals surface area (Å²) in [5.74, 6) is -1.26. The molecule has 0 aliphatic rings. The summed E-state index contributed by atoms with van der Waals surface area (Å²) in [4.78, 5) is 23.0. The fourth-order valence-corrected chi connectivity index (χ4v) is 1.83. The van der Waals surface area contributed by atoms with Crippen molar-refractivity contribution in [2.45, 2.75) is 26.6 Å². The highest BCUT2D eigenvalue weighted by Gasteiger charge is 2.21. The number of benzene rings is 2. The van der Waals surface area contributed by atoms with Crippen LogP contribution in [0.1, 0.15) is 19.4 Å². The van der Waals surface area contributed by atoms with Gasteiger partial charge in [-0.2, -0.15) is 0 Å². The maximum absolute atomic E-state index is 11.7. The molecule has 2 aromatic carbocycles. The van der Waals surface area contributed by atoms with Crippen molar-refractivity contribution in [1.29, 1.82) is 0 Å². The molecular weight excluding hydrogens is 322 g/mol. The smallest absolute Gasteiger partial charge is 0.409 e. The van der Waals surface area contributed by atoms with Gasteiger partial charge in [0.1, 0.15) is 6.61 Å². The number of nitrogen functional groups attached to an aromatic ring is 1. The highest BCUT2D eigenvalue weighted by atomic mass is 16.5. The van der Waals surface area contributed by atoms with E-state index in [0.29, 0.717) is 11.4 Å². The summed E-state index contributed by atoms with van der Waals surface area (Å²) in [5, 5.41) is 14.1. The fourth-order valence-electron chi connectivity index (χ4n) is 1.83. The van der Waals surface area contributed by atoms with E-state index in [2.05, 4.69) is 10.6 Å². The van der Waals surface area contributed by atoms with Crippen molar-refractivity contribution in [3.8, 4) is 0 Å². The number of nitrogens with two attached hydrogens (primary N) is 1. The van der Waals surface area contributed by atoms with Gasteiger partial charge in [0.25, 0.3) is 0 Å². The number of hydrogen-bond donors (Lipinski definition) is 4. The minimum atomic E-state index is -1.36. The Hall–Kier alpha value is -3.22. The molecule has 2 aromatic rings. The van der Waals surface area contributed by atoms with E-state index in [4.69, 9.17) is 10.5 Å². The molecule has 2 rings (SSSR count). The molecule has 134 valence electrons. The van der Waals surface area contributed by atoms with E-state index >= 15 is 0 Å². The second kappa shape index (κ2) is 10.5. The summed E-state index contributed by atoms with van der Waals surface area (Å²) in [7, 11) is 0. The van der Waals surface area contributed by atoms with E-state index in [-0.39, 0.29) is 6.61 Å². The first kappa shape index (κ1) is 19.8. The fraction of sp³-hybridized carbons (Fsp3) is 0.222. The number of nitrogens with one attached hydrogen (secondary N) is 2. The third-order valence-electron chi connectivity index (χ3n) is 2.98. The summed E-state index contributed by atoms with van der Waals surface area (Å²) in [6, 6.07) is 15.7. The lowest BCUT2D eigenvalue weighted by molar-refractivity contribution is -0.138. The number of ether oxygens (including phenoxy) is 1. The Balaban J connectivity index is 0.00000151. The van der Waals surface area contributed by atoms with E-state index < -0.39 is 18.2 Å². The number of carbonyl (C=O) groups excluding carboxylic acids is 1. The monoisotopic (exact) mass is 345 g/mol. The average molecular weight is 345 g/mol. The summed E-state index contributed by atoms with van der Waals surface area (Å²) in [5.41, 5.74) is 7.31. The molecule has 0 radical (unpaired) electrons. The van der Waals surface area contributed by atoms with Crippen molar-refractivity contribution in [2.24, 2.45) is 0 Å². The van der Waals surface area contributed by atoms with Crippen LogP contribution in [0.3, 0.4) is 0 Å². The maximum Gasteiger partial charge on any atom is 0.409 e. The van der Waals surface area contributed by atoms with E-state index in [1.165, 1.54) is 0 Å². The Kier molecular flexibility index (Phi) is 8.35.